The molecule has 0 radical (unpaired) electrons. The number of hydrogen-bond donors (Lipinski definition) is 1. The Bertz CT molecular complexity index is 687. The van der Waals surface area contributed by atoms with E-state index in [1.54, 1.807) is 18.2 Å². The number of rotatable bonds is 4. The third-order valence-electron chi connectivity index (χ3n) is 2.84. The van der Waals surface area contributed by atoms with Crippen molar-refractivity contribution in [3.8, 4) is 11.1 Å². The maximum absolute atomic E-state index is 12.3. The van der Waals surface area contributed by atoms with Crippen LogP contribution in [0.2, 0.25) is 0 Å². The van der Waals surface area contributed by atoms with Gasteiger partial charge in [0, 0.05) is 5.56 Å². The van der Waals surface area contributed by atoms with Gasteiger partial charge in [-0.1, -0.05) is 18.2 Å². The molecule has 0 saturated carbocycles. The molecular formula is C13H12O4S2. The van der Waals surface area contributed by atoms with E-state index in [0.717, 1.165) is 5.56 Å². The maximum atomic E-state index is 12.3. The molecule has 1 heterocycles. The zero-order chi connectivity index (χ0) is 14.0. The molecule has 1 N–H and O–H groups in total. The van der Waals surface area contributed by atoms with Crippen molar-refractivity contribution in [2.75, 3.05) is 0 Å². The summed E-state index contributed by atoms with van der Waals surface area (Å²) < 4.78 is 24.6. The van der Waals surface area contributed by atoms with Crippen molar-refractivity contribution < 1.29 is 18.3 Å². The lowest BCUT2D eigenvalue weighted by Crippen LogP contribution is -2.27. The summed E-state index contributed by atoms with van der Waals surface area (Å²) in [6, 6.07) is 8.27. The minimum atomic E-state index is -3.89. The first-order valence-electron chi connectivity index (χ1n) is 5.53. The highest BCUT2D eigenvalue weighted by Crippen LogP contribution is 2.30. The fraction of sp³-hybridized carbons (Fsp3) is 0.154. The summed E-state index contributed by atoms with van der Waals surface area (Å²) in [5, 5.41) is 11.1. The lowest BCUT2D eigenvalue weighted by molar-refractivity contribution is -0.136. The Morgan fingerprint density at radius 2 is 1.95 bits per heavy atom. The van der Waals surface area contributed by atoms with Crippen LogP contribution in [0.3, 0.4) is 0 Å². The molecule has 0 amide bonds. The minimum absolute atomic E-state index is 0.0586. The van der Waals surface area contributed by atoms with Gasteiger partial charge in [-0.05, 0) is 35.4 Å². The molecule has 1 aromatic carbocycles. The van der Waals surface area contributed by atoms with Crippen LogP contribution in [-0.4, -0.2) is 24.7 Å². The van der Waals surface area contributed by atoms with Gasteiger partial charge in [-0.25, -0.2) is 8.42 Å². The number of aliphatic carboxylic acids is 1. The average Bonchev–Trinajstić information content (AvgIpc) is 2.91. The standard InChI is InChI=1S/C13H12O4S2/c1-9(13(14)15)19(16,17)12-5-3-2-4-11(12)10-6-7-18-8-10/h2-9H,1H3,(H,14,15). The van der Waals surface area contributed by atoms with Crippen LogP contribution >= 0.6 is 11.3 Å². The minimum Gasteiger partial charge on any atom is -0.480 e. The van der Waals surface area contributed by atoms with Crippen molar-refractivity contribution >= 4 is 27.1 Å². The highest BCUT2D eigenvalue weighted by atomic mass is 32.2. The monoisotopic (exact) mass is 296 g/mol. The molecule has 0 aliphatic heterocycles. The Balaban J connectivity index is 2.62. The lowest BCUT2D eigenvalue weighted by atomic mass is 10.1. The van der Waals surface area contributed by atoms with Gasteiger partial charge in [-0.3, -0.25) is 4.79 Å². The van der Waals surface area contributed by atoms with E-state index in [2.05, 4.69) is 0 Å². The van der Waals surface area contributed by atoms with Gasteiger partial charge >= 0.3 is 5.97 Å². The first-order chi connectivity index (χ1) is 8.94. The predicted molar refractivity (Wildman–Crippen MR) is 74.0 cm³/mol. The van der Waals surface area contributed by atoms with E-state index in [4.69, 9.17) is 5.11 Å². The Labute approximate surface area is 115 Å². The Kier molecular flexibility index (Phi) is 3.73. The van der Waals surface area contributed by atoms with E-state index in [-0.39, 0.29) is 4.90 Å². The molecule has 0 aliphatic rings. The molecule has 1 unspecified atom stereocenters. The Morgan fingerprint density at radius 3 is 2.53 bits per heavy atom. The molecule has 6 heteroatoms. The highest BCUT2D eigenvalue weighted by molar-refractivity contribution is 7.92. The van der Waals surface area contributed by atoms with Gasteiger partial charge in [0.2, 0.25) is 0 Å². The van der Waals surface area contributed by atoms with Crippen molar-refractivity contribution in [3.05, 3.63) is 41.1 Å². The Morgan fingerprint density at radius 1 is 1.26 bits per heavy atom. The summed E-state index contributed by atoms with van der Waals surface area (Å²) in [7, 11) is -3.89. The Hall–Kier alpha value is -1.66. The average molecular weight is 296 g/mol. The van der Waals surface area contributed by atoms with Crippen molar-refractivity contribution in [1.82, 2.24) is 0 Å². The van der Waals surface area contributed by atoms with Crippen LogP contribution < -0.4 is 0 Å². The van der Waals surface area contributed by atoms with Gasteiger partial charge in [-0.2, -0.15) is 11.3 Å². The number of carboxylic acid groups (broad SMARTS) is 1. The van der Waals surface area contributed by atoms with E-state index in [1.165, 1.54) is 24.3 Å². The molecule has 1 aromatic heterocycles. The number of carboxylic acids is 1. The SMILES string of the molecule is CC(C(=O)O)S(=O)(=O)c1ccccc1-c1ccsc1. The number of hydrogen-bond acceptors (Lipinski definition) is 4. The van der Waals surface area contributed by atoms with E-state index in [0.29, 0.717) is 5.56 Å². The highest BCUT2D eigenvalue weighted by Gasteiger charge is 2.31. The summed E-state index contributed by atoms with van der Waals surface area (Å²) in [5.74, 6) is -1.35. The van der Waals surface area contributed by atoms with Crippen LogP contribution in [0.1, 0.15) is 6.92 Å². The molecule has 19 heavy (non-hydrogen) atoms. The number of carbonyl (C=O) groups is 1. The largest absolute Gasteiger partial charge is 0.480 e. The smallest absolute Gasteiger partial charge is 0.321 e. The number of thiophene rings is 1. The molecule has 2 aromatic rings. The second kappa shape index (κ2) is 5.14. The van der Waals surface area contributed by atoms with Crippen molar-refractivity contribution in [3.63, 3.8) is 0 Å². The first kappa shape index (κ1) is 13.8. The van der Waals surface area contributed by atoms with Crippen LogP contribution in [0, 0.1) is 0 Å². The fourth-order valence-corrected chi connectivity index (χ4v) is 3.76. The molecule has 2 rings (SSSR count). The number of sulfone groups is 1. The lowest BCUT2D eigenvalue weighted by Gasteiger charge is -2.12. The van der Waals surface area contributed by atoms with Gasteiger partial charge in [0.1, 0.15) is 0 Å². The van der Waals surface area contributed by atoms with Crippen molar-refractivity contribution in [2.45, 2.75) is 17.1 Å². The van der Waals surface area contributed by atoms with E-state index in [9.17, 15) is 13.2 Å². The second-order valence-corrected chi connectivity index (χ2v) is 7.05. The molecule has 0 spiro atoms. The third kappa shape index (κ3) is 2.54. The molecule has 0 saturated heterocycles. The first-order valence-corrected chi connectivity index (χ1v) is 8.02. The van der Waals surface area contributed by atoms with E-state index >= 15 is 0 Å². The summed E-state index contributed by atoms with van der Waals surface area (Å²) in [5.41, 5.74) is 1.32. The normalized spacial score (nSPS) is 13.1. The third-order valence-corrected chi connectivity index (χ3v) is 5.62. The zero-order valence-electron chi connectivity index (χ0n) is 10.1. The van der Waals surface area contributed by atoms with Gasteiger partial charge < -0.3 is 5.11 Å². The van der Waals surface area contributed by atoms with E-state index < -0.39 is 21.1 Å². The molecular weight excluding hydrogens is 284 g/mol. The van der Waals surface area contributed by atoms with E-state index in [1.807, 2.05) is 16.8 Å². The number of benzene rings is 1. The van der Waals surface area contributed by atoms with Gasteiger partial charge in [0.25, 0.3) is 0 Å². The summed E-state index contributed by atoms with van der Waals surface area (Å²) in [6.45, 7) is 1.18. The van der Waals surface area contributed by atoms with Crippen molar-refractivity contribution in [2.24, 2.45) is 0 Å². The fourth-order valence-electron chi connectivity index (χ4n) is 1.69. The molecule has 1 atom stereocenters. The molecule has 4 nitrogen and oxygen atoms in total. The predicted octanol–water partition coefficient (Wildman–Crippen LogP) is 2.66. The van der Waals surface area contributed by atoms with Gasteiger partial charge in [0.15, 0.2) is 15.1 Å². The summed E-state index contributed by atoms with van der Waals surface area (Å²) >= 11 is 1.46. The summed E-state index contributed by atoms with van der Waals surface area (Å²) in [4.78, 5) is 11.0. The van der Waals surface area contributed by atoms with Crippen molar-refractivity contribution in [1.29, 1.82) is 0 Å². The van der Waals surface area contributed by atoms with Crippen LogP contribution in [0.4, 0.5) is 0 Å². The van der Waals surface area contributed by atoms with Gasteiger partial charge in [-0.15, -0.1) is 0 Å². The van der Waals surface area contributed by atoms with Crippen LogP contribution in [0.15, 0.2) is 46.0 Å². The molecule has 100 valence electrons. The summed E-state index contributed by atoms with van der Waals surface area (Å²) in [6.07, 6.45) is 0. The van der Waals surface area contributed by atoms with Crippen LogP contribution in [0.25, 0.3) is 11.1 Å². The topological polar surface area (TPSA) is 71.4 Å². The molecule has 0 aliphatic carbocycles. The maximum Gasteiger partial charge on any atom is 0.321 e. The van der Waals surface area contributed by atoms with Gasteiger partial charge in [0.05, 0.1) is 4.90 Å². The second-order valence-electron chi connectivity index (χ2n) is 4.03. The quantitative estimate of drug-likeness (QED) is 0.941. The van der Waals surface area contributed by atoms with Crippen LogP contribution in [-0.2, 0) is 14.6 Å². The zero-order valence-corrected chi connectivity index (χ0v) is 11.7. The molecule has 0 fully saturated rings. The van der Waals surface area contributed by atoms with Crippen LogP contribution in [0.5, 0.6) is 0 Å². The molecule has 0 bridgehead atoms.